The quantitative estimate of drug-likeness (QED) is 0.743. The highest BCUT2D eigenvalue weighted by Crippen LogP contribution is 2.36. The summed E-state index contributed by atoms with van der Waals surface area (Å²) in [5.74, 6) is 1.35. The lowest BCUT2D eigenvalue weighted by atomic mass is 9.84. The van der Waals surface area contributed by atoms with Crippen LogP contribution in [0.25, 0.3) is 0 Å². The van der Waals surface area contributed by atoms with E-state index in [1.165, 1.54) is 6.42 Å². The molecule has 0 N–H and O–H groups in total. The number of hydrogen-bond donors (Lipinski definition) is 0. The SMILES string of the molecule is C[C@@H]1CN(C(=O)C2CCC2)c2ccccc2O1. The summed E-state index contributed by atoms with van der Waals surface area (Å²) in [5.41, 5.74) is 0.933. The molecule has 3 heteroatoms. The van der Waals surface area contributed by atoms with Crippen LogP contribution in [0.2, 0.25) is 0 Å². The molecule has 1 atom stereocenters. The van der Waals surface area contributed by atoms with E-state index in [-0.39, 0.29) is 17.9 Å². The van der Waals surface area contributed by atoms with Crippen molar-refractivity contribution in [3.8, 4) is 5.75 Å². The number of anilines is 1. The zero-order valence-electron chi connectivity index (χ0n) is 10.1. The van der Waals surface area contributed by atoms with Gasteiger partial charge in [-0.3, -0.25) is 4.79 Å². The first kappa shape index (κ1) is 10.6. The fourth-order valence-corrected chi connectivity index (χ4v) is 2.47. The number of rotatable bonds is 1. The first-order valence-corrected chi connectivity index (χ1v) is 6.33. The highest BCUT2D eigenvalue weighted by molar-refractivity contribution is 5.97. The number of benzene rings is 1. The van der Waals surface area contributed by atoms with E-state index in [0.717, 1.165) is 24.3 Å². The lowest BCUT2D eigenvalue weighted by Crippen LogP contribution is -2.46. The Morgan fingerprint density at radius 2 is 2.12 bits per heavy atom. The number of ether oxygens (including phenoxy) is 1. The molecule has 0 radical (unpaired) electrons. The summed E-state index contributed by atoms with van der Waals surface area (Å²) >= 11 is 0. The predicted molar refractivity (Wildman–Crippen MR) is 66.2 cm³/mol. The standard InChI is InChI=1S/C14H17NO2/c1-10-9-15(14(16)11-5-4-6-11)12-7-2-3-8-13(12)17-10/h2-3,7-8,10-11H,4-6,9H2,1H3/t10-/m1/s1. The van der Waals surface area contributed by atoms with Crippen molar-refractivity contribution in [2.45, 2.75) is 32.3 Å². The predicted octanol–water partition coefficient (Wildman–Crippen LogP) is 2.60. The average molecular weight is 231 g/mol. The lowest BCUT2D eigenvalue weighted by molar-refractivity contribution is -0.125. The van der Waals surface area contributed by atoms with E-state index in [2.05, 4.69) is 0 Å². The lowest BCUT2D eigenvalue weighted by Gasteiger charge is -2.37. The third kappa shape index (κ3) is 1.79. The van der Waals surface area contributed by atoms with Crippen LogP contribution in [-0.2, 0) is 4.79 Å². The van der Waals surface area contributed by atoms with Crippen LogP contribution in [0.5, 0.6) is 5.75 Å². The molecule has 1 fully saturated rings. The molecule has 17 heavy (non-hydrogen) atoms. The van der Waals surface area contributed by atoms with Gasteiger partial charge in [0.25, 0.3) is 0 Å². The van der Waals surface area contributed by atoms with E-state index in [1.54, 1.807) is 0 Å². The van der Waals surface area contributed by atoms with Gasteiger partial charge in [0, 0.05) is 5.92 Å². The number of carbonyl (C=O) groups excluding carboxylic acids is 1. The van der Waals surface area contributed by atoms with Gasteiger partial charge in [0.15, 0.2) is 0 Å². The van der Waals surface area contributed by atoms with Gasteiger partial charge in [0.05, 0.1) is 12.2 Å². The number of carbonyl (C=O) groups is 1. The van der Waals surface area contributed by atoms with Gasteiger partial charge < -0.3 is 9.64 Å². The Balaban J connectivity index is 1.91. The molecule has 0 bridgehead atoms. The summed E-state index contributed by atoms with van der Waals surface area (Å²) < 4.78 is 5.75. The topological polar surface area (TPSA) is 29.5 Å². The molecular formula is C14H17NO2. The third-order valence-electron chi connectivity index (χ3n) is 3.64. The second-order valence-electron chi connectivity index (χ2n) is 4.97. The van der Waals surface area contributed by atoms with E-state index in [1.807, 2.05) is 36.1 Å². The molecule has 90 valence electrons. The zero-order valence-corrected chi connectivity index (χ0v) is 10.1. The van der Waals surface area contributed by atoms with Crippen LogP contribution < -0.4 is 9.64 Å². The smallest absolute Gasteiger partial charge is 0.230 e. The van der Waals surface area contributed by atoms with Gasteiger partial charge in [-0.25, -0.2) is 0 Å². The molecule has 0 aromatic heterocycles. The van der Waals surface area contributed by atoms with E-state index in [9.17, 15) is 4.79 Å². The Morgan fingerprint density at radius 3 is 2.82 bits per heavy atom. The molecule has 3 nitrogen and oxygen atoms in total. The van der Waals surface area contributed by atoms with Crippen LogP contribution in [0.1, 0.15) is 26.2 Å². The van der Waals surface area contributed by atoms with E-state index in [0.29, 0.717) is 6.54 Å². The van der Waals surface area contributed by atoms with Crippen LogP contribution in [-0.4, -0.2) is 18.6 Å². The summed E-state index contributed by atoms with van der Waals surface area (Å²) in [7, 11) is 0. The van der Waals surface area contributed by atoms with Gasteiger partial charge in [-0.15, -0.1) is 0 Å². The maximum absolute atomic E-state index is 12.4. The first-order valence-electron chi connectivity index (χ1n) is 6.33. The second kappa shape index (κ2) is 4.06. The van der Waals surface area contributed by atoms with Crippen molar-refractivity contribution in [2.24, 2.45) is 5.92 Å². The minimum absolute atomic E-state index is 0.0777. The highest BCUT2D eigenvalue weighted by atomic mass is 16.5. The van der Waals surface area contributed by atoms with Crippen molar-refractivity contribution in [2.75, 3.05) is 11.4 Å². The summed E-state index contributed by atoms with van der Waals surface area (Å²) in [6.45, 7) is 2.68. The molecule has 0 saturated heterocycles. The average Bonchev–Trinajstić information content (AvgIpc) is 2.25. The minimum Gasteiger partial charge on any atom is -0.487 e. The molecule has 1 aromatic rings. The van der Waals surface area contributed by atoms with Gasteiger partial charge in [-0.1, -0.05) is 18.6 Å². The van der Waals surface area contributed by atoms with Gasteiger partial charge in [0.1, 0.15) is 11.9 Å². The largest absolute Gasteiger partial charge is 0.487 e. The molecule has 1 saturated carbocycles. The van der Waals surface area contributed by atoms with Crippen LogP contribution in [0.15, 0.2) is 24.3 Å². The third-order valence-corrected chi connectivity index (χ3v) is 3.64. The fraction of sp³-hybridized carbons (Fsp3) is 0.500. The maximum atomic E-state index is 12.4. The van der Waals surface area contributed by atoms with Gasteiger partial charge in [0.2, 0.25) is 5.91 Å². The van der Waals surface area contributed by atoms with E-state index >= 15 is 0 Å². The van der Waals surface area contributed by atoms with Crippen molar-refractivity contribution < 1.29 is 9.53 Å². The maximum Gasteiger partial charge on any atom is 0.230 e. The molecule has 1 amide bonds. The van der Waals surface area contributed by atoms with Gasteiger partial charge >= 0.3 is 0 Å². The molecule has 1 aromatic carbocycles. The Bertz CT molecular complexity index is 440. The molecule has 2 aliphatic rings. The Labute approximate surface area is 101 Å². The molecule has 0 unspecified atom stereocenters. The number of nitrogens with zero attached hydrogens (tertiary/aromatic N) is 1. The second-order valence-corrected chi connectivity index (χ2v) is 4.97. The Morgan fingerprint density at radius 1 is 1.35 bits per heavy atom. The van der Waals surface area contributed by atoms with Crippen molar-refractivity contribution in [3.63, 3.8) is 0 Å². The number of hydrogen-bond acceptors (Lipinski definition) is 2. The van der Waals surface area contributed by atoms with Crippen molar-refractivity contribution in [3.05, 3.63) is 24.3 Å². The summed E-state index contributed by atoms with van der Waals surface area (Å²) in [6, 6.07) is 7.81. The molecule has 1 aliphatic carbocycles. The van der Waals surface area contributed by atoms with E-state index < -0.39 is 0 Å². The summed E-state index contributed by atoms with van der Waals surface area (Å²) in [4.78, 5) is 14.3. The Kier molecular flexibility index (Phi) is 2.54. The molecular weight excluding hydrogens is 214 g/mol. The van der Waals surface area contributed by atoms with Crippen LogP contribution in [0, 0.1) is 5.92 Å². The van der Waals surface area contributed by atoms with Gasteiger partial charge in [-0.05, 0) is 31.9 Å². The van der Waals surface area contributed by atoms with Crippen LogP contribution in [0.4, 0.5) is 5.69 Å². The monoisotopic (exact) mass is 231 g/mol. The highest BCUT2D eigenvalue weighted by Gasteiger charge is 2.34. The molecule has 1 aliphatic heterocycles. The van der Waals surface area contributed by atoms with Crippen molar-refractivity contribution in [1.82, 2.24) is 0 Å². The van der Waals surface area contributed by atoms with E-state index in [4.69, 9.17) is 4.74 Å². The molecule has 0 spiro atoms. The van der Waals surface area contributed by atoms with Gasteiger partial charge in [-0.2, -0.15) is 0 Å². The van der Waals surface area contributed by atoms with Crippen LogP contribution in [0.3, 0.4) is 0 Å². The molecule has 3 rings (SSSR count). The zero-order chi connectivity index (χ0) is 11.8. The normalized spacial score (nSPS) is 23.6. The molecule has 1 heterocycles. The number of para-hydroxylation sites is 2. The van der Waals surface area contributed by atoms with Crippen LogP contribution >= 0.6 is 0 Å². The summed E-state index contributed by atoms with van der Waals surface area (Å²) in [5, 5.41) is 0. The minimum atomic E-state index is 0.0777. The number of amides is 1. The first-order chi connectivity index (χ1) is 8.25. The fourth-order valence-electron chi connectivity index (χ4n) is 2.47. The summed E-state index contributed by atoms with van der Waals surface area (Å²) in [6.07, 6.45) is 3.37. The Hall–Kier alpha value is -1.51. The van der Waals surface area contributed by atoms with Crippen molar-refractivity contribution in [1.29, 1.82) is 0 Å². The van der Waals surface area contributed by atoms with Crippen molar-refractivity contribution >= 4 is 11.6 Å². The number of fused-ring (bicyclic) bond motifs is 1.